The molecule has 0 fully saturated rings. The molecule has 4 nitrogen and oxygen atoms in total. The maximum Gasteiger partial charge on any atom is 0.338 e. The molecule has 0 saturated heterocycles. The summed E-state index contributed by atoms with van der Waals surface area (Å²) in [6.45, 7) is 2.06. The van der Waals surface area contributed by atoms with E-state index in [4.69, 9.17) is 21.1 Å². The number of carbonyl (C=O) groups is 1. The topological polar surface area (TPSA) is 48.4 Å². The van der Waals surface area contributed by atoms with Gasteiger partial charge in [0.05, 0.1) is 12.7 Å². The lowest BCUT2D eigenvalue weighted by atomic mass is 10.1. The van der Waals surface area contributed by atoms with Gasteiger partial charge in [-0.3, -0.25) is 0 Å². The summed E-state index contributed by atoms with van der Waals surface area (Å²) in [6.07, 6.45) is 1.57. The Hall–Kier alpha value is -2.07. The Morgan fingerprint density at radius 3 is 2.80 bits per heavy atom. The van der Waals surface area contributed by atoms with Gasteiger partial charge in [-0.2, -0.15) is 0 Å². The summed E-state index contributed by atoms with van der Waals surface area (Å²) in [5.41, 5.74) is 2.20. The second-order valence-electron chi connectivity index (χ2n) is 4.25. The van der Waals surface area contributed by atoms with Gasteiger partial charge in [0.15, 0.2) is 0 Å². The van der Waals surface area contributed by atoms with E-state index in [0.29, 0.717) is 16.5 Å². The zero-order chi connectivity index (χ0) is 14.5. The molecule has 0 amide bonds. The number of methoxy groups -OCH3 is 1. The van der Waals surface area contributed by atoms with Crippen LogP contribution in [0.5, 0.6) is 5.75 Å². The van der Waals surface area contributed by atoms with Crippen molar-refractivity contribution in [3.05, 3.63) is 58.4 Å². The molecule has 20 heavy (non-hydrogen) atoms. The molecule has 1 aromatic carbocycles. The van der Waals surface area contributed by atoms with Crippen LogP contribution in [0.15, 0.2) is 36.5 Å². The van der Waals surface area contributed by atoms with Crippen molar-refractivity contribution < 1.29 is 14.3 Å². The van der Waals surface area contributed by atoms with E-state index in [0.717, 1.165) is 11.1 Å². The van der Waals surface area contributed by atoms with Crippen LogP contribution in [-0.2, 0) is 11.3 Å². The van der Waals surface area contributed by atoms with Crippen molar-refractivity contribution in [2.45, 2.75) is 13.5 Å². The lowest BCUT2D eigenvalue weighted by Crippen LogP contribution is -2.06. The molecule has 0 aliphatic carbocycles. The van der Waals surface area contributed by atoms with E-state index in [-0.39, 0.29) is 6.61 Å². The number of benzene rings is 1. The van der Waals surface area contributed by atoms with Crippen LogP contribution in [0.4, 0.5) is 0 Å². The SMILES string of the molecule is COc1cc(C(=O)OCc2ccnc(Cl)c2)ccc1C. The number of pyridine rings is 1. The molecule has 0 radical (unpaired) electrons. The molecule has 2 rings (SSSR count). The molecular weight excluding hydrogens is 278 g/mol. The number of halogens is 1. The summed E-state index contributed by atoms with van der Waals surface area (Å²) in [5.74, 6) is 0.252. The smallest absolute Gasteiger partial charge is 0.338 e. The van der Waals surface area contributed by atoms with Crippen molar-refractivity contribution in [1.82, 2.24) is 4.98 Å². The molecular formula is C15H14ClNO3. The Balaban J connectivity index is 2.05. The zero-order valence-electron chi connectivity index (χ0n) is 11.2. The van der Waals surface area contributed by atoms with Crippen molar-refractivity contribution in [3.63, 3.8) is 0 Å². The summed E-state index contributed by atoms with van der Waals surface area (Å²) in [4.78, 5) is 15.8. The van der Waals surface area contributed by atoms with Crippen molar-refractivity contribution in [2.24, 2.45) is 0 Å². The fourth-order valence-corrected chi connectivity index (χ4v) is 1.91. The van der Waals surface area contributed by atoms with Gasteiger partial charge in [0.2, 0.25) is 0 Å². The highest BCUT2D eigenvalue weighted by Crippen LogP contribution is 2.20. The first-order valence-electron chi connectivity index (χ1n) is 6.02. The monoisotopic (exact) mass is 291 g/mol. The van der Waals surface area contributed by atoms with E-state index in [1.807, 2.05) is 13.0 Å². The minimum absolute atomic E-state index is 0.150. The molecule has 0 saturated carbocycles. The highest BCUT2D eigenvalue weighted by molar-refractivity contribution is 6.29. The molecule has 1 aromatic heterocycles. The summed E-state index contributed by atoms with van der Waals surface area (Å²) in [6, 6.07) is 8.59. The average molecular weight is 292 g/mol. The van der Waals surface area contributed by atoms with Crippen LogP contribution in [0.25, 0.3) is 0 Å². The highest BCUT2D eigenvalue weighted by atomic mass is 35.5. The van der Waals surface area contributed by atoms with Crippen molar-refractivity contribution in [2.75, 3.05) is 7.11 Å². The standard InChI is InChI=1S/C15H14ClNO3/c1-10-3-4-12(8-13(10)19-2)15(18)20-9-11-5-6-17-14(16)7-11/h3-8H,9H2,1-2H3. The van der Waals surface area contributed by atoms with E-state index < -0.39 is 5.97 Å². The van der Waals surface area contributed by atoms with Crippen LogP contribution in [0.3, 0.4) is 0 Å². The van der Waals surface area contributed by atoms with Crippen molar-refractivity contribution >= 4 is 17.6 Å². The van der Waals surface area contributed by atoms with Crippen molar-refractivity contribution in [3.8, 4) is 5.75 Å². The number of aryl methyl sites for hydroxylation is 1. The maximum atomic E-state index is 12.0. The average Bonchev–Trinajstić information content (AvgIpc) is 2.45. The van der Waals surface area contributed by atoms with E-state index in [1.165, 1.54) is 0 Å². The van der Waals surface area contributed by atoms with Gasteiger partial charge in [-0.05, 0) is 42.3 Å². The first-order chi connectivity index (χ1) is 9.60. The predicted octanol–water partition coefficient (Wildman–Crippen LogP) is 3.41. The van der Waals surface area contributed by atoms with Crippen LogP contribution < -0.4 is 4.74 Å². The Labute approximate surface area is 122 Å². The summed E-state index contributed by atoms with van der Waals surface area (Å²) < 4.78 is 10.4. The molecule has 1 heterocycles. The Morgan fingerprint density at radius 1 is 1.30 bits per heavy atom. The minimum Gasteiger partial charge on any atom is -0.496 e. The molecule has 0 unspecified atom stereocenters. The van der Waals surface area contributed by atoms with Gasteiger partial charge < -0.3 is 9.47 Å². The molecule has 0 atom stereocenters. The van der Waals surface area contributed by atoms with Crippen LogP contribution in [0.2, 0.25) is 5.15 Å². The quantitative estimate of drug-likeness (QED) is 0.640. The predicted molar refractivity (Wildman–Crippen MR) is 76.1 cm³/mol. The third kappa shape index (κ3) is 3.48. The van der Waals surface area contributed by atoms with Gasteiger partial charge in [-0.15, -0.1) is 0 Å². The lowest BCUT2D eigenvalue weighted by molar-refractivity contribution is 0.0472. The van der Waals surface area contributed by atoms with Gasteiger partial charge >= 0.3 is 5.97 Å². The first kappa shape index (κ1) is 14.3. The number of ether oxygens (including phenoxy) is 2. The number of hydrogen-bond acceptors (Lipinski definition) is 4. The second kappa shape index (κ2) is 6.39. The van der Waals surface area contributed by atoms with Gasteiger partial charge in [0.1, 0.15) is 17.5 Å². The third-order valence-electron chi connectivity index (χ3n) is 2.80. The molecule has 0 spiro atoms. The second-order valence-corrected chi connectivity index (χ2v) is 4.63. The first-order valence-corrected chi connectivity index (χ1v) is 6.40. The number of hydrogen-bond donors (Lipinski definition) is 0. The molecule has 104 valence electrons. The van der Waals surface area contributed by atoms with Crippen LogP contribution in [-0.4, -0.2) is 18.1 Å². The Bertz CT molecular complexity index is 628. The fraction of sp³-hybridized carbons (Fsp3) is 0.200. The molecule has 0 bridgehead atoms. The van der Waals surface area contributed by atoms with Gasteiger partial charge in [-0.1, -0.05) is 17.7 Å². The molecule has 0 N–H and O–H groups in total. The van der Waals surface area contributed by atoms with Gasteiger partial charge in [-0.25, -0.2) is 9.78 Å². The molecule has 2 aromatic rings. The third-order valence-corrected chi connectivity index (χ3v) is 3.01. The van der Waals surface area contributed by atoms with Gasteiger partial charge in [0.25, 0.3) is 0 Å². The fourth-order valence-electron chi connectivity index (χ4n) is 1.71. The molecule has 0 aliphatic heterocycles. The van der Waals surface area contributed by atoms with Crippen molar-refractivity contribution in [1.29, 1.82) is 0 Å². The summed E-state index contributed by atoms with van der Waals surface area (Å²) >= 11 is 5.77. The van der Waals surface area contributed by atoms with E-state index >= 15 is 0 Å². The van der Waals surface area contributed by atoms with Crippen LogP contribution >= 0.6 is 11.6 Å². The Morgan fingerprint density at radius 2 is 2.10 bits per heavy atom. The zero-order valence-corrected chi connectivity index (χ0v) is 12.0. The number of aromatic nitrogens is 1. The largest absolute Gasteiger partial charge is 0.496 e. The van der Waals surface area contributed by atoms with Crippen LogP contribution in [0.1, 0.15) is 21.5 Å². The number of rotatable bonds is 4. The van der Waals surface area contributed by atoms with Crippen LogP contribution in [0, 0.1) is 6.92 Å². The maximum absolute atomic E-state index is 12.0. The summed E-state index contributed by atoms with van der Waals surface area (Å²) in [7, 11) is 1.57. The molecule has 0 aliphatic rings. The van der Waals surface area contributed by atoms with E-state index in [2.05, 4.69) is 4.98 Å². The van der Waals surface area contributed by atoms with Gasteiger partial charge in [0, 0.05) is 6.20 Å². The molecule has 5 heteroatoms. The summed E-state index contributed by atoms with van der Waals surface area (Å²) in [5, 5.41) is 0.371. The Kier molecular flexibility index (Phi) is 4.58. The highest BCUT2D eigenvalue weighted by Gasteiger charge is 2.10. The normalized spacial score (nSPS) is 10.2. The van der Waals surface area contributed by atoms with E-state index in [9.17, 15) is 4.79 Å². The number of esters is 1. The minimum atomic E-state index is -0.406. The number of nitrogens with zero attached hydrogens (tertiary/aromatic N) is 1. The lowest BCUT2D eigenvalue weighted by Gasteiger charge is -2.08. The number of carbonyl (C=O) groups excluding carboxylic acids is 1. The van der Waals surface area contributed by atoms with E-state index in [1.54, 1.807) is 37.6 Å².